The molecular weight excluding hydrogens is 330 g/mol. The van der Waals surface area contributed by atoms with Crippen LogP contribution in [0.5, 0.6) is 0 Å². The molecule has 2 aromatic rings. The quantitative estimate of drug-likeness (QED) is 0.842. The van der Waals surface area contributed by atoms with Crippen LogP contribution in [0.2, 0.25) is 5.02 Å². The second-order valence-electron chi connectivity index (χ2n) is 5.70. The topological polar surface area (TPSA) is 83.3 Å². The van der Waals surface area contributed by atoms with Crippen LogP contribution in [0.4, 0.5) is 0 Å². The molecule has 1 saturated heterocycles. The number of piperazine rings is 1. The molecule has 1 aliphatic rings. The van der Waals surface area contributed by atoms with Crippen molar-refractivity contribution in [3.63, 3.8) is 0 Å². The van der Waals surface area contributed by atoms with Crippen molar-refractivity contribution in [2.75, 3.05) is 26.7 Å². The van der Waals surface area contributed by atoms with Crippen molar-refractivity contribution in [3.05, 3.63) is 46.6 Å². The molecule has 3 rings (SSSR count). The Morgan fingerprint density at radius 2 is 2.42 bits per heavy atom. The smallest absolute Gasteiger partial charge is 0.240 e. The lowest BCUT2D eigenvalue weighted by molar-refractivity contribution is -0.120. The van der Waals surface area contributed by atoms with Crippen LogP contribution in [0.1, 0.15) is 23.3 Å². The van der Waals surface area contributed by atoms with Gasteiger partial charge in [0, 0.05) is 37.7 Å². The minimum absolute atomic E-state index is 0.124. The van der Waals surface area contributed by atoms with Gasteiger partial charge in [-0.05, 0) is 17.7 Å². The minimum atomic E-state index is -0.138. The van der Waals surface area contributed by atoms with E-state index < -0.39 is 0 Å². The van der Waals surface area contributed by atoms with E-state index in [1.165, 1.54) is 0 Å². The van der Waals surface area contributed by atoms with E-state index in [0.717, 1.165) is 30.2 Å². The van der Waals surface area contributed by atoms with Gasteiger partial charge in [-0.3, -0.25) is 9.69 Å². The molecule has 2 N–H and O–H groups in total. The van der Waals surface area contributed by atoms with Crippen molar-refractivity contribution in [1.82, 2.24) is 25.7 Å². The van der Waals surface area contributed by atoms with Crippen LogP contribution in [0, 0.1) is 0 Å². The number of benzene rings is 1. The summed E-state index contributed by atoms with van der Waals surface area (Å²) in [7, 11) is 1.58. The van der Waals surface area contributed by atoms with Crippen LogP contribution in [0.15, 0.2) is 28.8 Å². The zero-order chi connectivity index (χ0) is 16.9. The van der Waals surface area contributed by atoms with Crippen molar-refractivity contribution in [1.29, 1.82) is 0 Å². The third kappa shape index (κ3) is 4.11. The number of hydrogen-bond acceptors (Lipinski definition) is 6. The van der Waals surface area contributed by atoms with Gasteiger partial charge in [0.05, 0.1) is 13.0 Å². The zero-order valence-electron chi connectivity index (χ0n) is 13.5. The summed E-state index contributed by atoms with van der Waals surface area (Å²) in [6, 6.07) is 8.07. The fraction of sp³-hybridized carbons (Fsp3) is 0.438. The van der Waals surface area contributed by atoms with E-state index >= 15 is 0 Å². The summed E-state index contributed by atoms with van der Waals surface area (Å²) in [6.45, 7) is 3.14. The molecule has 0 saturated carbocycles. The molecule has 8 heteroatoms. The molecule has 1 atom stereocenters. The molecule has 128 valence electrons. The highest BCUT2D eigenvalue weighted by Gasteiger charge is 2.25. The van der Waals surface area contributed by atoms with Gasteiger partial charge in [0.15, 0.2) is 5.82 Å². The number of nitrogens with zero attached hydrogens (tertiary/aromatic N) is 3. The molecule has 0 aliphatic carbocycles. The largest absolute Gasteiger partial charge is 0.359 e. The first-order valence-corrected chi connectivity index (χ1v) is 8.26. The molecule has 2 heterocycles. The van der Waals surface area contributed by atoms with Gasteiger partial charge in [0.1, 0.15) is 0 Å². The zero-order valence-corrected chi connectivity index (χ0v) is 14.2. The van der Waals surface area contributed by atoms with Gasteiger partial charge in [-0.15, -0.1) is 0 Å². The van der Waals surface area contributed by atoms with Gasteiger partial charge in [-0.2, -0.15) is 4.98 Å². The maximum absolute atomic E-state index is 11.4. The lowest BCUT2D eigenvalue weighted by Gasteiger charge is -2.35. The third-order valence-electron chi connectivity index (χ3n) is 4.03. The van der Waals surface area contributed by atoms with Crippen LogP contribution in [0.3, 0.4) is 0 Å². The molecule has 7 nitrogen and oxygen atoms in total. The van der Waals surface area contributed by atoms with E-state index in [1.54, 1.807) is 7.05 Å². The van der Waals surface area contributed by atoms with Crippen LogP contribution in [-0.4, -0.2) is 47.6 Å². The lowest BCUT2D eigenvalue weighted by atomic mass is 10.0. The number of amides is 1. The summed E-state index contributed by atoms with van der Waals surface area (Å²) < 4.78 is 5.29. The number of hydrogen-bond donors (Lipinski definition) is 2. The molecule has 0 spiro atoms. The number of likely N-dealkylation sites (N-methyl/N-ethyl adjacent to an activating group) is 1. The molecule has 1 amide bonds. The molecule has 1 aromatic carbocycles. The Kier molecular flexibility index (Phi) is 5.44. The fourth-order valence-electron chi connectivity index (χ4n) is 2.81. The Morgan fingerprint density at radius 1 is 1.54 bits per heavy atom. The predicted octanol–water partition coefficient (Wildman–Crippen LogP) is 1.16. The minimum Gasteiger partial charge on any atom is -0.359 e. The summed E-state index contributed by atoms with van der Waals surface area (Å²) >= 11 is 6.12. The summed E-state index contributed by atoms with van der Waals surface area (Å²) in [5.74, 6) is 0.781. The number of carbonyl (C=O) groups is 1. The highest BCUT2D eigenvalue weighted by atomic mass is 35.5. The van der Waals surface area contributed by atoms with Gasteiger partial charge in [-0.25, -0.2) is 0 Å². The standard InChI is InChI=1S/C16H20ClN5O2/c1-18-15(23)8-14-20-16(24-21-14)10-22-6-5-19-9-13(22)11-3-2-4-12(17)7-11/h2-4,7,13,19H,5-6,8-10H2,1H3,(H,18,23). The number of rotatable bonds is 5. The summed E-state index contributed by atoms with van der Waals surface area (Å²) in [5, 5.41) is 10.5. The number of aromatic nitrogens is 2. The second kappa shape index (κ2) is 7.74. The molecule has 0 radical (unpaired) electrons. The van der Waals surface area contributed by atoms with E-state index in [4.69, 9.17) is 16.1 Å². The predicted molar refractivity (Wildman–Crippen MR) is 89.5 cm³/mol. The van der Waals surface area contributed by atoms with E-state index in [0.29, 0.717) is 18.3 Å². The maximum atomic E-state index is 11.4. The highest BCUT2D eigenvalue weighted by Crippen LogP contribution is 2.25. The first-order chi connectivity index (χ1) is 11.7. The first kappa shape index (κ1) is 16.9. The molecule has 1 aliphatic heterocycles. The maximum Gasteiger partial charge on any atom is 0.240 e. The van der Waals surface area contributed by atoms with Crippen molar-refractivity contribution >= 4 is 17.5 Å². The lowest BCUT2D eigenvalue weighted by Crippen LogP contribution is -2.45. The van der Waals surface area contributed by atoms with Crippen molar-refractivity contribution in [2.45, 2.75) is 19.0 Å². The van der Waals surface area contributed by atoms with Crippen LogP contribution >= 0.6 is 11.6 Å². The monoisotopic (exact) mass is 349 g/mol. The van der Waals surface area contributed by atoms with E-state index in [2.05, 4.69) is 31.7 Å². The molecule has 24 heavy (non-hydrogen) atoms. The Hall–Kier alpha value is -1.96. The summed E-state index contributed by atoms with van der Waals surface area (Å²) in [4.78, 5) is 18.0. The highest BCUT2D eigenvalue weighted by molar-refractivity contribution is 6.30. The van der Waals surface area contributed by atoms with Crippen molar-refractivity contribution in [2.24, 2.45) is 0 Å². The van der Waals surface area contributed by atoms with Crippen LogP contribution in [-0.2, 0) is 17.8 Å². The Bertz CT molecular complexity index is 705. The fourth-order valence-corrected chi connectivity index (χ4v) is 3.01. The molecule has 1 fully saturated rings. The SMILES string of the molecule is CNC(=O)Cc1noc(CN2CCNCC2c2cccc(Cl)c2)n1. The van der Waals surface area contributed by atoms with Gasteiger partial charge >= 0.3 is 0 Å². The number of carbonyl (C=O) groups excluding carboxylic acids is 1. The van der Waals surface area contributed by atoms with Gasteiger partial charge < -0.3 is 15.2 Å². The van der Waals surface area contributed by atoms with Crippen LogP contribution in [0.25, 0.3) is 0 Å². The molecule has 0 bridgehead atoms. The van der Waals surface area contributed by atoms with Crippen LogP contribution < -0.4 is 10.6 Å². The van der Waals surface area contributed by atoms with Gasteiger partial charge in [-0.1, -0.05) is 28.9 Å². The van der Waals surface area contributed by atoms with E-state index in [1.807, 2.05) is 18.2 Å². The van der Waals surface area contributed by atoms with Crippen molar-refractivity contribution < 1.29 is 9.32 Å². The second-order valence-corrected chi connectivity index (χ2v) is 6.14. The average molecular weight is 350 g/mol. The molecule has 1 aromatic heterocycles. The number of halogens is 1. The Balaban J connectivity index is 1.71. The normalized spacial score (nSPS) is 18.5. The number of nitrogens with one attached hydrogen (secondary N) is 2. The molecular formula is C16H20ClN5O2. The summed E-state index contributed by atoms with van der Waals surface area (Å²) in [6.07, 6.45) is 0.124. The van der Waals surface area contributed by atoms with Gasteiger partial charge in [0.25, 0.3) is 0 Å². The third-order valence-corrected chi connectivity index (χ3v) is 4.27. The average Bonchev–Trinajstić information content (AvgIpc) is 3.02. The summed E-state index contributed by atoms with van der Waals surface area (Å²) in [5.41, 5.74) is 1.15. The molecule has 1 unspecified atom stereocenters. The van der Waals surface area contributed by atoms with E-state index in [-0.39, 0.29) is 18.4 Å². The van der Waals surface area contributed by atoms with Gasteiger partial charge in [0.2, 0.25) is 11.8 Å². The first-order valence-electron chi connectivity index (χ1n) is 7.88. The van der Waals surface area contributed by atoms with E-state index in [9.17, 15) is 4.79 Å². The van der Waals surface area contributed by atoms with Crippen molar-refractivity contribution in [3.8, 4) is 0 Å². The Labute approximate surface area is 145 Å². The Morgan fingerprint density at radius 3 is 3.21 bits per heavy atom.